The van der Waals surface area contributed by atoms with E-state index in [2.05, 4.69) is 0 Å². The highest BCUT2D eigenvalue weighted by Crippen LogP contribution is 2.34. The van der Waals surface area contributed by atoms with Crippen molar-refractivity contribution in [1.82, 2.24) is 0 Å². The molecule has 16 heavy (non-hydrogen) atoms. The van der Waals surface area contributed by atoms with Crippen LogP contribution in [0.4, 0.5) is 13.2 Å². The number of para-hydroxylation sites is 1. The number of aliphatic hydroxyl groups is 1. The lowest BCUT2D eigenvalue weighted by atomic mass is 9.95. The zero-order valence-corrected chi connectivity index (χ0v) is 9.01. The Labute approximate surface area is 91.7 Å². The van der Waals surface area contributed by atoms with Gasteiger partial charge in [0.25, 0.3) is 0 Å². The molecule has 0 aliphatic rings. The van der Waals surface area contributed by atoms with E-state index in [1.165, 1.54) is 13.2 Å². The van der Waals surface area contributed by atoms with Gasteiger partial charge in [0, 0.05) is 6.42 Å². The lowest BCUT2D eigenvalue weighted by Crippen LogP contribution is -2.44. The summed E-state index contributed by atoms with van der Waals surface area (Å²) in [5.41, 5.74) is -2.42. The Balaban J connectivity index is 2.96. The number of ether oxygens (including phenoxy) is 1. The van der Waals surface area contributed by atoms with Crippen molar-refractivity contribution in [3.05, 3.63) is 29.8 Å². The average Bonchev–Trinajstić information content (AvgIpc) is 2.16. The van der Waals surface area contributed by atoms with Gasteiger partial charge in [-0.1, -0.05) is 18.2 Å². The summed E-state index contributed by atoms with van der Waals surface area (Å²) in [5.74, 6) is 0.340. The normalized spacial score (nSPS) is 15.6. The van der Waals surface area contributed by atoms with Crippen molar-refractivity contribution in [2.75, 3.05) is 7.11 Å². The van der Waals surface area contributed by atoms with Crippen molar-refractivity contribution in [2.24, 2.45) is 0 Å². The Morgan fingerprint density at radius 2 is 1.81 bits per heavy atom. The molecule has 0 saturated heterocycles. The van der Waals surface area contributed by atoms with Gasteiger partial charge in [0.15, 0.2) is 5.60 Å². The summed E-state index contributed by atoms with van der Waals surface area (Å²) in [4.78, 5) is 0. The number of hydrogen-bond acceptors (Lipinski definition) is 2. The van der Waals surface area contributed by atoms with Crippen LogP contribution in [0.3, 0.4) is 0 Å². The van der Waals surface area contributed by atoms with Crippen molar-refractivity contribution in [1.29, 1.82) is 0 Å². The third kappa shape index (κ3) is 2.66. The fraction of sp³-hybridized carbons (Fsp3) is 0.455. The molecule has 90 valence electrons. The molecule has 0 bridgehead atoms. The third-order valence-electron chi connectivity index (χ3n) is 2.34. The van der Waals surface area contributed by atoms with Crippen LogP contribution in [0.15, 0.2) is 24.3 Å². The molecule has 0 radical (unpaired) electrons. The van der Waals surface area contributed by atoms with Crippen LogP contribution in [-0.4, -0.2) is 24.0 Å². The Kier molecular flexibility index (Phi) is 3.48. The monoisotopic (exact) mass is 234 g/mol. The quantitative estimate of drug-likeness (QED) is 0.870. The molecule has 0 saturated carbocycles. The summed E-state index contributed by atoms with van der Waals surface area (Å²) in [6.45, 7) is 0.749. The highest BCUT2D eigenvalue weighted by atomic mass is 19.4. The number of rotatable bonds is 3. The molecule has 1 rings (SSSR count). The van der Waals surface area contributed by atoms with Crippen molar-refractivity contribution in [2.45, 2.75) is 25.1 Å². The van der Waals surface area contributed by atoms with Crippen LogP contribution in [0.5, 0.6) is 5.75 Å². The highest BCUT2D eigenvalue weighted by Gasteiger charge is 2.49. The van der Waals surface area contributed by atoms with E-state index in [0.717, 1.165) is 6.92 Å². The zero-order chi connectivity index (χ0) is 12.4. The molecule has 1 aromatic carbocycles. The predicted molar refractivity (Wildman–Crippen MR) is 53.4 cm³/mol. The molecule has 1 atom stereocenters. The van der Waals surface area contributed by atoms with Gasteiger partial charge in [-0.3, -0.25) is 0 Å². The molecular weight excluding hydrogens is 221 g/mol. The van der Waals surface area contributed by atoms with Gasteiger partial charge in [0.05, 0.1) is 7.11 Å². The predicted octanol–water partition coefficient (Wildman–Crippen LogP) is 2.55. The Bertz CT molecular complexity index is 358. The van der Waals surface area contributed by atoms with Gasteiger partial charge in [0.1, 0.15) is 5.75 Å². The van der Waals surface area contributed by atoms with E-state index in [-0.39, 0.29) is 0 Å². The van der Waals surface area contributed by atoms with E-state index >= 15 is 0 Å². The number of hydrogen-bond donors (Lipinski definition) is 1. The summed E-state index contributed by atoms with van der Waals surface area (Å²) in [6.07, 6.45) is -5.19. The summed E-state index contributed by atoms with van der Waals surface area (Å²) < 4.78 is 42.3. The minimum Gasteiger partial charge on any atom is -0.496 e. The second-order valence-electron chi connectivity index (χ2n) is 3.76. The van der Waals surface area contributed by atoms with E-state index in [9.17, 15) is 18.3 Å². The van der Waals surface area contributed by atoms with Gasteiger partial charge in [0.2, 0.25) is 0 Å². The molecule has 1 N–H and O–H groups in total. The van der Waals surface area contributed by atoms with Crippen molar-refractivity contribution < 1.29 is 23.0 Å². The lowest BCUT2D eigenvalue weighted by molar-refractivity contribution is -0.252. The third-order valence-corrected chi connectivity index (χ3v) is 2.34. The van der Waals surface area contributed by atoms with Crippen molar-refractivity contribution >= 4 is 0 Å². The number of halogens is 3. The summed E-state index contributed by atoms with van der Waals surface area (Å²) in [5, 5.41) is 9.34. The Morgan fingerprint density at radius 1 is 1.25 bits per heavy atom. The molecule has 0 spiro atoms. The first kappa shape index (κ1) is 12.8. The van der Waals surface area contributed by atoms with E-state index in [4.69, 9.17) is 4.74 Å². The standard InChI is InChI=1S/C11H13F3O2/c1-10(15,11(12,13)14)7-8-5-3-4-6-9(8)16-2/h3-6,15H,7H2,1-2H3. The van der Waals surface area contributed by atoms with Gasteiger partial charge in [-0.15, -0.1) is 0 Å². The van der Waals surface area contributed by atoms with Crippen LogP contribution in [0.1, 0.15) is 12.5 Å². The first-order valence-corrected chi connectivity index (χ1v) is 4.69. The average molecular weight is 234 g/mol. The highest BCUT2D eigenvalue weighted by molar-refractivity contribution is 5.34. The lowest BCUT2D eigenvalue weighted by Gasteiger charge is -2.26. The van der Waals surface area contributed by atoms with Crippen LogP contribution < -0.4 is 4.74 Å². The molecule has 2 nitrogen and oxygen atoms in total. The van der Waals surface area contributed by atoms with Crippen molar-refractivity contribution in [3.8, 4) is 5.75 Å². The van der Waals surface area contributed by atoms with Crippen LogP contribution >= 0.6 is 0 Å². The molecule has 5 heteroatoms. The van der Waals surface area contributed by atoms with E-state index in [1.807, 2.05) is 0 Å². The van der Waals surface area contributed by atoms with Gasteiger partial charge in [-0.25, -0.2) is 0 Å². The maximum Gasteiger partial charge on any atom is 0.417 e. The molecule has 0 aliphatic carbocycles. The van der Waals surface area contributed by atoms with E-state index in [1.54, 1.807) is 18.2 Å². The first-order chi connectivity index (χ1) is 7.28. The first-order valence-electron chi connectivity index (χ1n) is 4.69. The smallest absolute Gasteiger partial charge is 0.417 e. The topological polar surface area (TPSA) is 29.5 Å². The van der Waals surface area contributed by atoms with Gasteiger partial charge in [-0.05, 0) is 18.6 Å². The summed E-state index contributed by atoms with van der Waals surface area (Å²) >= 11 is 0. The molecule has 0 heterocycles. The van der Waals surface area contributed by atoms with Crippen LogP contribution in [0, 0.1) is 0 Å². The minimum atomic E-state index is -4.66. The minimum absolute atomic E-state index is 0.326. The molecule has 0 aromatic heterocycles. The second kappa shape index (κ2) is 4.33. The SMILES string of the molecule is COc1ccccc1CC(C)(O)C(F)(F)F. The fourth-order valence-electron chi connectivity index (χ4n) is 1.32. The van der Waals surface area contributed by atoms with Gasteiger partial charge in [-0.2, -0.15) is 13.2 Å². The van der Waals surface area contributed by atoms with E-state index < -0.39 is 18.2 Å². The number of methoxy groups -OCH3 is 1. The fourth-order valence-corrected chi connectivity index (χ4v) is 1.32. The van der Waals surface area contributed by atoms with Crippen LogP contribution in [0.2, 0.25) is 0 Å². The Morgan fingerprint density at radius 3 is 2.31 bits per heavy atom. The molecule has 1 aromatic rings. The van der Waals surface area contributed by atoms with E-state index in [0.29, 0.717) is 11.3 Å². The van der Waals surface area contributed by atoms with Gasteiger partial charge >= 0.3 is 6.18 Å². The van der Waals surface area contributed by atoms with Crippen LogP contribution in [0.25, 0.3) is 0 Å². The summed E-state index contributed by atoms with van der Waals surface area (Å²) in [6, 6.07) is 6.32. The van der Waals surface area contributed by atoms with Crippen LogP contribution in [-0.2, 0) is 6.42 Å². The second-order valence-corrected chi connectivity index (χ2v) is 3.76. The maximum atomic E-state index is 12.5. The molecule has 0 amide bonds. The molecule has 1 unspecified atom stereocenters. The zero-order valence-electron chi connectivity index (χ0n) is 9.01. The number of alkyl halides is 3. The van der Waals surface area contributed by atoms with Crippen molar-refractivity contribution in [3.63, 3.8) is 0 Å². The molecule has 0 aliphatic heterocycles. The summed E-state index contributed by atoms with van der Waals surface area (Å²) in [7, 11) is 1.38. The number of benzene rings is 1. The largest absolute Gasteiger partial charge is 0.496 e. The maximum absolute atomic E-state index is 12.5. The van der Waals surface area contributed by atoms with Gasteiger partial charge < -0.3 is 9.84 Å². The molecule has 0 fully saturated rings. The molecular formula is C11H13F3O2. The Hall–Kier alpha value is -1.23.